The first kappa shape index (κ1) is 17.0. The Hall–Kier alpha value is -1.86. The van der Waals surface area contributed by atoms with Gasteiger partial charge in [0.15, 0.2) is 0 Å². The zero-order valence-corrected chi connectivity index (χ0v) is 14.9. The molecule has 1 saturated heterocycles. The van der Waals surface area contributed by atoms with Crippen LogP contribution in [0, 0.1) is 13.8 Å². The number of nitrogens with one attached hydrogen (secondary N) is 1. The van der Waals surface area contributed by atoms with Crippen molar-refractivity contribution < 1.29 is 12.8 Å². The summed E-state index contributed by atoms with van der Waals surface area (Å²) in [6, 6.07) is 6.92. The van der Waals surface area contributed by atoms with E-state index < -0.39 is 10.0 Å². The smallest absolute Gasteiger partial charge is 0.243 e. The van der Waals surface area contributed by atoms with Crippen LogP contribution in [-0.2, 0) is 16.6 Å². The van der Waals surface area contributed by atoms with Crippen LogP contribution < -0.4 is 5.32 Å². The van der Waals surface area contributed by atoms with Gasteiger partial charge in [0, 0.05) is 18.8 Å². The Morgan fingerprint density at radius 2 is 1.96 bits per heavy atom. The molecule has 0 spiro atoms. The molecule has 0 saturated carbocycles. The molecule has 0 amide bonds. The zero-order valence-electron chi connectivity index (χ0n) is 14.1. The summed E-state index contributed by atoms with van der Waals surface area (Å²) in [4.78, 5) is 4.64. The van der Waals surface area contributed by atoms with Crippen molar-refractivity contribution in [1.29, 1.82) is 0 Å². The van der Waals surface area contributed by atoms with Gasteiger partial charge in [0.2, 0.25) is 15.9 Å². The lowest BCUT2D eigenvalue weighted by Crippen LogP contribution is -2.35. The fraction of sp³-hybridized carbons (Fsp3) is 0.471. The number of hydrogen-bond acceptors (Lipinski definition) is 5. The molecule has 1 fully saturated rings. The van der Waals surface area contributed by atoms with Crippen LogP contribution in [0.3, 0.4) is 0 Å². The van der Waals surface area contributed by atoms with Crippen molar-refractivity contribution in [3.63, 3.8) is 0 Å². The first-order valence-electron chi connectivity index (χ1n) is 8.24. The van der Waals surface area contributed by atoms with Crippen LogP contribution in [-0.4, -0.2) is 30.8 Å². The van der Waals surface area contributed by atoms with Crippen molar-refractivity contribution in [3.05, 3.63) is 41.6 Å². The molecule has 0 aliphatic carbocycles. The Balaban J connectivity index is 1.73. The van der Waals surface area contributed by atoms with E-state index in [-0.39, 0.29) is 0 Å². The van der Waals surface area contributed by atoms with Gasteiger partial charge in [0.25, 0.3) is 0 Å². The van der Waals surface area contributed by atoms with Gasteiger partial charge in [-0.15, -0.1) is 0 Å². The number of benzene rings is 1. The van der Waals surface area contributed by atoms with Gasteiger partial charge in [0.05, 0.1) is 17.1 Å². The fourth-order valence-electron chi connectivity index (χ4n) is 2.81. The highest BCUT2D eigenvalue weighted by atomic mass is 32.2. The van der Waals surface area contributed by atoms with E-state index >= 15 is 0 Å². The number of anilines is 1. The number of nitrogens with zero attached hydrogens (tertiary/aromatic N) is 2. The molecule has 130 valence electrons. The standard InChI is InChI=1S/C17H23N3O3S/c1-13-14(2)23-17(19-13)12-18-15-7-6-8-16(11-15)24(21,22)20-9-4-3-5-10-20/h6-8,11,18H,3-5,9-10,12H2,1-2H3. The molecule has 2 heterocycles. The summed E-state index contributed by atoms with van der Waals surface area (Å²) < 4.78 is 32.6. The molecule has 2 aromatic rings. The largest absolute Gasteiger partial charge is 0.444 e. The number of aryl methyl sites for hydroxylation is 2. The lowest BCUT2D eigenvalue weighted by Gasteiger charge is -2.26. The summed E-state index contributed by atoms with van der Waals surface area (Å²) in [7, 11) is -3.42. The molecule has 24 heavy (non-hydrogen) atoms. The quantitative estimate of drug-likeness (QED) is 0.898. The zero-order chi connectivity index (χ0) is 17.2. The molecule has 1 aliphatic rings. The number of rotatable bonds is 5. The summed E-state index contributed by atoms with van der Waals surface area (Å²) in [6.45, 7) is 5.40. The maximum Gasteiger partial charge on any atom is 0.243 e. The lowest BCUT2D eigenvalue weighted by molar-refractivity contribution is 0.346. The van der Waals surface area contributed by atoms with Crippen molar-refractivity contribution in [3.8, 4) is 0 Å². The van der Waals surface area contributed by atoms with Crippen molar-refractivity contribution >= 4 is 15.7 Å². The van der Waals surface area contributed by atoms with Gasteiger partial charge in [0.1, 0.15) is 5.76 Å². The molecule has 7 heteroatoms. The molecule has 0 atom stereocenters. The molecule has 0 radical (unpaired) electrons. The molecular formula is C17H23N3O3S. The van der Waals surface area contributed by atoms with Crippen LogP contribution in [0.25, 0.3) is 0 Å². The van der Waals surface area contributed by atoms with Crippen LogP contribution in [0.1, 0.15) is 36.6 Å². The van der Waals surface area contributed by atoms with Crippen LogP contribution in [0.4, 0.5) is 5.69 Å². The summed E-state index contributed by atoms with van der Waals surface area (Å²) in [5.41, 5.74) is 1.61. The Bertz CT molecular complexity index is 789. The minimum atomic E-state index is -3.42. The molecule has 6 nitrogen and oxygen atoms in total. The van der Waals surface area contributed by atoms with Crippen LogP contribution in [0.5, 0.6) is 0 Å². The lowest BCUT2D eigenvalue weighted by atomic mass is 10.2. The van der Waals surface area contributed by atoms with Crippen molar-refractivity contribution in [1.82, 2.24) is 9.29 Å². The third-order valence-electron chi connectivity index (χ3n) is 4.30. The number of aromatic nitrogens is 1. The minimum Gasteiger partial charge on any atom is -0.444 e. The molecule has 1 N–H and O–H groups in total. The van der Waals surface area contributed by atoms with E-state index in [1.807, 2.05) is 19.9 Å². The highest BCUT2D eigenvalue weighted by Gasteiger charge is 2.25. The van der Waals surface area contributed by atoms with Gasteiger partial charge >= 0.3 is 0 Å². The molecule has 3 rings (SSSR count). The van der Waals surface area contributed by atoms with Gasteiger partial charge in [-0.25, -0.2) is 13.4 Å². The maximum atomic E-state index is 12.7. The Morgan fingerprint density at radius 3 is 2.62 bits per heavy atom. The summed E-state index contributed by atoms with van der Waals surface area (Å²) in [5.74, 6) is 1.39. The highest BCUT2D eigenvalue weighted by Crippen LogP contribution is 2.23. The number of oxazole rings is 1. The molecule has 0 unspecified atom stereocenters. The van der Waals surface area contributed by atoms with Crippen molar-refractivity contribution in [2.75, 3.05) is 18.4 Å². The average Bonchev–Trinajstić information content (AvgIpc) is 2.92. The van der Waals surface area contributed by atoms with E-state index in [1.165, 1.54) is 0 Å². The molecule has 1 aromatic carbocycles. The summed E-state index contributed by atoms with van der Waals surface area (Å²) in [5, 5.41) is 3.18. The molecule has 0 bridgehead atoms. The van der Waals surface area contributed by atoms with Gasteiger partial charge in [-0.1, -0.05) is 12.5 Å². The Morgan fingerprint density at radius 1 is 1.21 bits per heavy atom. The van der Waals surface area contributed by atoms with Gasteiger partial charge < -0.3 is 9.73 Å². The van der Waals surface area contributed by atoms with E-state index in [4.69, 9.17) is 4.42 Å². The highest BCUT2D eigenvalue weighted by molar-refractivity contribution is 7.89. The van der Waals surface area contributed by atoms with E-state index in [0.717, 1.165) is 36.4 Å². The van der Waals surface area contributed by atoms with Crippen LogP contribution >= 0.6 is 0 Å². The van der Waals surface area contributed by atoms with E-state index in [0.29, 0.717) is 30.4 Å². The van der Waals surface area contributed by atoms with Gasteiger partial charge in [-0.3, -0.25) is 0 Å². The normalized spacial score (nSPS) is 16.2. The minimum absolute atomic E-state index is 0.328. The fourth-order valence-corrected chi connectivity index (χ4v) is 4.38. The predicted octanol–water partition coefficient (Wildman–Crippen LogP) is 3.08. The summed E-state index contributed by atoms with van der Waals surface area (Å²) >= 11 is 0. The number of sulfonamides is 1. The third kappa shape index (κ3) is 3.62. The first-order chi connectivity index (χ1) is 11.5. The third-order valence-corrected chi connectivity index (χ3v) is 6.20. The predicted molar refractivity (Wildman–Crippen MR) is 92.4 cm³/mol. The van der Waals surface area contributed by atoms with Gasteiger partial charge in [-0.05, 0) is 44.9 Å². The molecular weight excluding hydrogens is 326 g/mol. The van der Waals surface area contributed by atoms with E-state index in [9.17, 15) is 8.42 Å². The molecule has 1 aliphatic heterocycles. The van der Waals surface area contributed by atoms with Gasteiger partial charge in [-0.2, -0.15) is 4.31 Å². The van der Waals surface area contributed by atoms with Crippen LogP contribution in [0.2, 0.25) is 0 Å². The van der Waals surface area contributed by atoms with E-state index in [2.05, 4.69) is 10.3 Å². The second-order valence-corrected chi connectivity index (χ2v) is 8.03. The number of piperidine rings is 1. The van der Waals surface area contributed by atoms with Crippen molar-refractivity contribution in [2.45, 2.75) is 44.6 Å². The second kappa shape index (κ2) is 6.94. The SMILES string of the molecule is Cc1nc(CNc2cccc(S(=O)(=O)N3CCCCC3)c2)oc1C. The van der Waals surface area contributed by atoms with Crippen LogP contribution in [0.15, 0.2) is 33.6 Å². The Labute approximate surface area is 142 Å². The van der Waals surface area contributed by atoms with Crippen molar-refractivity contribution in [2.24, 2.45) is 0 Å². The maximum absolute atomic E-state index is 12.7. The summed E-state index contributed by atoms with van der Waals surface area (Å²) in [6.07, 6.45) is 2.96. The Kier molecular flexibility index (Phi) is 4.91. The average molecular weight is 349 g/mol. The second-order valence-electron chi connectivity index (χ2n) is 6.10. The monoisotopic (exact) mass is 349 g/mol. The topological polar surface area (TPSA) is 75.4 Å². The van der Waals surface area contributed by atoms with E-state index in [1.54, 1.807) is 22.5 Å². The first-order valence-corrected chi connectivity index (χ1v) is 9.68. The molecule has 1 aromatic heterocycles. The number of hydrogen-bond donors (Lipinski definition) is 1.